The zero-order chi connectivity index (χ0) is 21.6. The van der Waals surface area contributed by atoms with Crippen LogP contribution in [0.3, 0.4) is 0 Å². The highest BCUT2D eigenvalue weighted by Crippen LogP contribution is 2.32. The molecule has 9 heteroatoms. The molecule has 1 N–H and O–H groups in total. The number of hydrogen-bond acceptors (Lipinski definition) is 4. The van der Waals surface area contributed by atoms with Crippen LogP contribution in [0.15, 0.2) is 23.7 Å². The molecule has 1 amide bonds. The number of nitrogens with zero attached hydrogens (tertiary/aromatic N) is 5. The van der Waals surface area contributed by atoms with Gasteiger partial charge in [0, 0.05) is 58.2 Å². The lowest BCUT2D eigenvalue weighted by Gasteiger charge is -2.40. The van der Waals surface area contributed by atoms with Crippen molar-refractivity contribution in [2.24, 2.45) is 10.9 Å². The van der Waals surface area contributed by atoms with Gasteiger partial charge in [-0.3, -0.25) is 4.99 Å². The van der Waals surface area contributed by atoms with Crippen molar-refractivity contribution in [2.45, 2.75) is 71.1 Å². The number of aliphatic imine (C=N–C) groups is 1. The lowest BCUT2D eigenvalue weighted by atomic mass is 10.0. The van der Waals surface area contributed by atoms with Crippen LogP contribution in [0.1, 0.15) is 52.9 Å². The van der Waals surface area contributed by atoms with Crippen LogP contribution in [-0.4, -0.2) is 76.3 Å². The number of piperidine rings is 1. The van der Waals surface area contributed by atoms with Gasteiger partial charge in [-0.15, -0.1) is 24.0 Å². The summed E-state index contributed by atoms with van der Waals surface area (Å²) >= 11 is 0. The molecule has 0 bridgehead atoms. The van der Waals surface area contributed by atoms with E-state index in [0.717, 1.165) is 57.9 Å². The van der Waals surface area contributed by atoms with Crippen molar-refractivity contribution in [1.82, 2.24) is 24.7 Å². The first-order chi connectivity index (χ1) is 14.4. The van der Waals surface area contributed by atoms with E-state index >= 15 is 0 Å². The van der Waals surface area contributed by atoms with Gasteiger partial charge in [0.1, 0.15) is 5.60 Å². The molecule has 0 radical (unpaired) electrons. The van der Waals surface area contributed by atoms with Gasteiger partial charge in [-0.25, -0.2) is 9.78 Å². The Balaban J connectivity index is 0.00000341. The number of aromatic nitrogens is 2. The van der Waals surface area contributed by atoms with Gasteiger partial charge in [0.2, 0.25) is 0 Å². The summed E-state index contributed by atoms with van der Waals surface area (Å²) in [4.78, 5) is 25.7. The highest BCUT2D eigenvalue weighted by Gasteiger charge is 2.35. The molecule has 1 aromatic heterocycles. The minimum atomic E-state index is -0.456. The standard InChI is InChI=1S/C22H38N6O2.HI/c1-22(2,3)30-21(29)28(16-18-6-7-18)19-8-13-27(14-9-19)20(23-4)25-10-5-12-26-15-11-24-17-26;/h11,15,17-19H,5-10,12-14,16H2,1-4H3,(H,23,25);1H. The summed E-state index contributed by atoms with van der Waals surface area (Å²) in [6.07, 6.45) is 10.8. The fourth-order valence-corrected chi connectivity index (χ4v) is 3.87. The maximum atomic E-state index is 12.8. The second kappa shape index (κ2) is 11.9. The van der Waals surface area contributed by atoms with Crippen LogP contribution in [-0.2, 0) is 11.3 Å². The smallest absolute Gasteiger partial charge is 0.410 e. The number of rotatable bonds is 7. The number of aryl methyl sites for hydroxylation is 1. The largest absolute Gasteiger partial charge is 0.444 e. The van der Waals surface area contributed by atoms with Gasteiger partial charge < -0.3 is 24.4 Å². The van der Waals surface area contributed by atoms with Gasteiger partial charge >= 0.3 is 6.09 Å². The normalized spacial score (nSPS) is 17.8. The van der Waals surface area contributed by atoms with E-state index in [1.54, 1.807) is 6.20 Å². The van der Waals surface area contributed by atoms with Crippen LogP contribution in [0.25, 0.3) is 0 Å². The number of amides is 1. The minimum Gasteiger partial charge on any atom is -0.444 e. The van der Waals surface area contributed by atoms with Gasteiger partial charge in [-0.2, -0.15) is 0 Å². The van der Waals surface area contributed by atoms with Crippen molar-refractivity contribution in [1.29, 1.82) is 0 Å². The maximum Gasteiger partial charge on any atom is 0.410 e. The molecular formula is C22H39IN6O2. The molecule has 0 spiro atoms. The van der Waals surface area contributed by atoms with Gasteiger partial charge in [0.25, 0.3) is 0 Å². The third-order valence-corrected chi connectivity index (χ3v) is 5.63. The molecule has 0 atom stereocenters. The summed E-state index contributed by atoms with van der Waals surface area (Å²) in [6.45, 7) is 10.3. The van der Waals surface area contributed by atoms with E-state index in [-0.39, 0.29) is 36.1 Å². The predicted molar refractivity (Wildman–Crippen MR) is 134 cm³/mol. The molecule has 0 unspecified atom stereocenters. The fourth-order valence-electron chi connectivity index (χ4n) is 3.87. The van der Waals surface area contributed by atoms with Crippen molar-refractivity contribution < 1.29 is 9.53 Å². The molecule has 1 aliphatic carbocycles. The number of guanidine groups is 1. The summed E-state index contributed by atoms with van der Waals surface area (Å²) < 4.78 is 7.79. The monoisotopic (exact) mass is 546 g/mol. The molecule has 3 rings (SSSR count). The maximum absolute atomic E-state index is 12.8. The Morgan fingerprint density at radius 3 is 2.52 bits per heavy atom. The summed E-state index contributed by atoms with van der Waals surface area (Å²) in [7, 11) is 1.84. The molecule has 1 saturated carbocycles. The molecule has 2 aliphatic rings. The van der Waals surface area contributed by atoms with Gasteiger partial charge in [0.15, 0.2) is 5.96 Å². The lowest BCUT2D eigenvalue weighted by molar-refractivity contribution is 0.00928. The molecule has 2 heterocycles. The summed E-state index contributed by atoms with van der Waals surface area (Å²) in [5.74, 6) is 1.60. The predicted octanol–water partition coefficient (Wildman–Crippen LogP) is 3.58. The van der Waals surface area contributed by atoms with Crippen LogP contribution in [0.5, 0.6) is 0 Å². The SMILES string of the molecule is CN=C(NCCCn1ccnc1)N1CCC(N(CC2CC2)C(=O)OC(C)(C)C)CC1.I. The van der Waals surface area contributed by atoms with Crippen LogP contribution >= 0.6 is 24.0 Å². The van der Waals surface area contributed by atoms with Crippen LogP contribution < -0.4 is 5.32 Å². The molecule has 31 heavy (non-hydrogen) atoms. The Labute approximate surface area is 203 Å². The highest BCUT2D eigenvalue weighted by molar-refractivity contribution is 14.0. The van der Waals surface area contributed by atoms with E-state index in [1.165, 1.54) is 12.8 Å². The van der Waals surface area contributed by atoms with Crippen LogP contribution in [0.4, 0.5) is 4.79 Å². The molecule has 0 aromatic carbocycles. The Hall–Kier alpha value is -1.52. The first-order valence-corrected chi connectivity index (χ1v) is 11.3. The van der Waals surface area contributed by atoms with E-state index in [4.69, 9.17) is 4.74 Å². The number of carbonyl (C=O) groups is 1. The van der Waals surface area contributed by atoms with Gasteiger partial charge in [0.05, 0.1) is 6.33 Å². The molecule has 1 aromatic rings. The fraction of sp³-hybridized carbons (Fsp3) is 0.773. The average molecular weight is 546 g/mol. The van der Waals surface area contributed by atoms with Gasteiger partial charge in [-0.05, 0) is 58.8 Å². The van der Waals surface area contributed by atoms with E-state index in [1.807, 2.05) is 45.2 Å². The second-order valence-electron chi connectivity index (χ2n) is 9.42. The lowest BCUT2D eigenvalue weighted by Crippen LogP contribution is -2.52. The quantitative estimate of drug-likeness (QED) is 0.245. The third-order valence-electron chi connectivity index (χ3n) is 5.63. The van der Waals surface area contributed by atoms with Crippen molar-refractivity contribution in [3.05, 3.63) is 18.7 Å². The van der Waals surface area contributed by atoms with Crippen molar-refractivity contribution in [2.75, 3.05) is 33.2 Å². The Kier molecular flexibility index (Phi) is 9.90. The third kappa shape index (κ3) is 8.50. The molecule has 8 nitrogen and oxygen atoms in total. The Bertz CT molecular complexity index is 691. The topological polar surface area (TPSA) is 75.0 Å². The first kappa shape index (κ1) is 25.7. The number of halogens is 1. The summed E-state index contributed by atoms with van der Waals surface area (Å²) in [6, 6.07) is 0.246. The van der Waals surface area contributed by atoms with Crippen molar-refractivity contribution in [3.8, 4) is 0 Å². The molecule has 1 aliphatic heterocycles. The number of imidazole rings is 1. The molecule has 2 fully saturated rings. The van der Waals surface area contributed by atoms with E-state index in [0.29, 0.717) is 5.92 Å². The zero-order valence-corrected chi connectivity index (χ0v) is 21.7. The molecule has 1 saturated heterocycles. The number of ether oxygens (including phenoxy) is 1. The molecular weight excluding hydrogens is 507 g/mol. The van der Waals surface area contributed by atoms with Gasteiger partial charge in [-0.1, -0.05) is 0 Å². The van der Waals surface area contributed by atoms with Crippen molar-refractivity contribution >= 4 is 36.0 Å². The first-order valence-electron chi connectivity index (χ1n) is 11.3. The summed E-state index contributed by atoms with van der Waals surface area (Å²) in [5.41, 5.74) is -0.456. The second-order valence-corrected chi connectivity index (χ2v) is 9.42. The minimum absolute atomic E-state index is 0. The average Bonchev–Trinajstić information content (AvgIpc) is 3.37. The summed E-state index contributed by atoms with van der Waals surface area (Å²) in [5, 5.41) is 3.48. The van der Waals surface area contributed by atoms with E-state index < -0.39 is 5.60 Å². The number of carbonyl (C=O) groups excluding carboxylic acids is 1. The van der Waals surface area contributed by atoms with Crippen LogP contribution in [0, 0.1) is 5.92 Å². The zero-order valence-electron chi connectivity index (χ0n) is 19.4. The van der Waals surface area contributed by atoms with Crippen LogP contribution in [0.2, 0.25) is 0 Å². The van der Waals surface area contributed by atoms with E-state index in [9.17, 15) is 4.79 Å². The number of likely N-dealkylation sites (tertiary alicyclic amines) is 1. The Morgan fingerprint density at radius 2 is 1.97 bits per heavy atom. The Morgan fingerprint density at radius 1 is 1.26 bits per heavy atom. The number of nitrogens with one attached hydrogen (secondary N) is 1. The highest BCUT2D eigenvalue weighted by atomic mass is 127. The molecule has 176 valence electrons. The number of hydrogen-bond donors (Lipinski definition) is 1. The van der Waals surface area contributed by atoms with Crippen molar-refractivity contribution in [3.63, 3.8) is 0 Å². The van der Waals surface area contributed by atoms with E-state index in [2.05, 4.69) is 24.8 Å².